The van der Waals surface area contributed by atoms with Gasteiger partial charge >= 0.3 is 0 Å². The number of carbonyl (C=O) groups excluding carboxylic acids is 2. The second-order valence-corrected chi connectivity index (χ2v) is 7.16. The maximum absolute atomic E-state index is 11.9. The maximum Gasteiger partial charge on any atom is 0.259 e. The SMILES string of the molecule is CCCCCCCCCC(=O)NCC(=O)N/N=C/c1c(O)ccc2ccccc12. The molecule has 0 saturated heterocycles. The number of phenols is 1. The molecule has 0 fully saturated rings. The van der Waals surface area contributed by atoms with E-state index in [0.29, 0.717) is 12.0 Å². The quantitative estimate of drug-likeness (QED) is 0.284. The predicted octanol–water partition coefficient (Wildman–Crippen LogP) is 4.25. The molecule has 2 aromatic rings. The number of hydrazone groups is 1. The van der Waals surface area contributed by atoms with Crippen LogP contribution in [0.3, 0.4) is 0 Å². The van der Waals surface area contributed by atoms with Gasteiger partial charge in [-0.3, -0.25) is 9.59 Å². The summed E-state index contributed by atoms with van der Waals surface area (Å²) >= 11 is 0. The molecule has 0 bridgehead atoms. The summed E-state index contributed by atoms with van der Waals surface area (Å²) in [5, 5.41) is 18.4. The molecule has 0 aliphatic carbocycles. The van der Waals surface area contributed by atoms with E-state index in [-0.39, 0.29) is 18.2 Å². The minimum Gasteiger partial charge on any atom is -0.507 e. The number of aromatic hydroxyl groups is 1. The van der Waals surface area contributed by atoms with Gasteiger partial charge in [0.1, 0.15) is 5.75 Å². The van der Waals surface area contributed by atoms with Gasteiger partial charge in [0.25, 0.3) is 5.91 Å². The van der Waals surface area contributed by atoms with Crippen LogP contribution in [0.15, 0.2) is 41.5 Å². The molecule has 29 heavy (non-hydrogen) atoms. The minimum absolute atomic E-state index is 0.0877. The molecule has 0 spiro atoms. The van der Waals surface area contributed by atoms with Gasteiger partial charge in [0.15, 0.2) is 0 Å². The van der Waals surface area contributed by atoms with Crippen molar-refractivity contribution in [1.29, 1.82) is 0 Å². The highest BCUT2D eigenvalue weighted by molar-refractivity contribution is 6.02. The predicted molar refractivity (Wildman–Crippen MR) is 117 cm³/mol. The van der Waals surface area contributed by atoms with Crippen molar-refractivity contribution < 1.29 is 14.7 Å². The van der Waals surface area contributed by atoms with E-state index in [9.17, 15) is 14.7 Å². The van der Waals surface area contributed by atoms with Crippen LogP contribution in [0.5, 0.6) is 5.75 Å². The summed E-state index contributed by atoms with van der Waals surface area (Å²) in [5.74, 6) is -0.442. The largest absolute Gasteiger partial charge is 0.507 e. The van der Waals surface area contributed by atoms with E-state index < -0.39 is 5.91 Å². The first-order valence-corrected chi connectivity index (χ1v) is 10.4. The van der Waals surface area contributed by atoms with Crippen LogP contribution in [0.4, 0.5) is 0 Å². The molecule has 0 heterocycles. The lowest BCUT2D eigenvalue weighted by Gasteiger charge is -2.06. The van der Waals surface area contributed by atoms with Crippen molar-refractivity contribution in [1.82, 2.24) is 10.7 Å². The summed E-state index contributed by atoms with van der Waals surface area (Å²) in [5.41, 5.74) is 2.91. The highest BCUT2D eigenvalue weighted by Gasteiger charge is 2.06. The Kier molecular flexibility index (Phi) is 9.69. The Morgan fingerprint density at radius 3 is 2.48 bits per heavy atom. The van der Waals surface area contributed by atoms with Crippen LogP contribution in [0, 0.1) is 0 Å². The first-order valence-electron chi connectivity index (χ1n) is 10.4. The average Bonchev–Trinajstić information content (AvgIpc) is 2.73. The molecule has 0 radical (unpaired) electrons. The van der Waals surface area contributed by atoms with Crippen LogP contribution in [0.2, 0.25) is 0 Å². The summed E-state index contributed by atoms with van der Waals surface area (Å²) in [6.07, 6.45) is 9.89. The summed E-state index contributed by atoms with van der Waals surface area (Å²) in [6.45, 7) is 2.08. The zero-order chi connectivity index (χ0) is 20.9. The van der Waals surface area contributed by atoms with Gasteiger partial charge in [-0.15, -0.1) is 0 Å². The number of amides is 2. The number of rotatable bonds is 12. The standard InChI is InChI=1S/C23H31N3O3/c1-2-3-4-5-6-7-8-13-22(28)24-17-23(29)26-25-16-20-19-12-10-9-11-18(19)14-15-21(20)27/h9-12,14-16,27H,2-8,13,17H2,1H3,(H,24,28)(H,26,29)/b25-16+. The van der Waals surface area contributed by atoms with Gasteiger partial charge < -0.3 is 10.4 Å². The van der Waals surface area contributed by atoms with E-state index in [2.05, 4.69) is 22.8 Å². The molecule has 0 aromatic heterocycles. The van der Waals surface area contributed by atoms with Crippen LogP contribution in [-0.2, 0) is 9.59 Å². The van der Waals surface area contributed by atoms with E-state index in [1.807, 2.05) is 30.3 Å². The molecule has 2 amide bonds. The topological polar surface area (TPSA) is 90.8 Å². The zero-order valence-electron chi connectivity index (χ0n) is 17.1. The first kappa shape index (κ1) is 22.4. The van der Waals surface area contributed by atoms with Crippen LogP contribution >= 0.6 is 0 Å². The third-order valence-corrected chi connectivity index (χ3v) is 4.78. The second-order valence-electron chi connectivity index (χ2n) is 7.16. The second kappa shape index (κ2) is 12.5. The van der Waals surface area contributed by atoms with Gasteiger partial charge in [-0.25, -0.2) is 5.43 Å². The van der Waals surface area contributed by atoms with E-state index >= 15 is 0 Å². The molecule has 0 aliphatic rings. The third-order valence-electron chi connectivity index (χ3n) is 4.78. The number of phenolic OH excluding ortho intramolecular Hbond substituents is 1. The Labute approximate surface area is 172 Å². The Hall–Kier alpha value is -2.89. The van der Waals surface area contributed by atoms with Crippen molar-refractivity contribution >= 4 is 28.8 Å². The number of nitrogens with zero attached hydrogens (tertiary/aromatic N) is 1. The number of hydrogen-bond acceptors (Lipinski definition) is 4. The summed E-state index contributed by atoms with van der Waals surface area (Å²) in [6, 6.07) is 11.0. The zero-order valence-corrected chi connectivity index (χ0v) is 17.1. The van der Waals surface area contributed by atoms with Gasteiger partial charge in [0.2, 0.25) is 5.91 Å². The van der Waals surface area contributed by atoms with Gasteiger partial charge in [0, 0.05) is 12.0 Å². The number of carbonyl (C=O) groups is 2. The molecule has 0 atom stereocenters. The number of fused-ring (bicyclic) bond motifs is 1. The summed E-state index contributed by atoms with van der Waals surface area (Å²) in [7, 11) is 0. The van der Waals surface area contributed by atoms with Crippen LogP contribution in [0.1, 0.15) is 63.9 Å². The monoisotopic (exact) mass is 397 g/mol. The molecular formula is C23H31N3O3. The number of hydrogen-bond donors (Lipinski definition) is 3. The van der Waals surface area contributed by atoms with Crippen molar-refractivity contribution in [2.24, 2.45) is 5.10 Å². The molecule has 0 saturated carbocycles. The lowest BCUT2D eigenvalue weighted by molar-refractivity contribution is -0.126. The lowest BCUT2D eigenvalue weighted by atomic mass is 10.0. The van der Waals surface area contributed by atoms with E-state index in [1.165, 1.54) is 31.9 Å². The van der Waals surface area contributed by atoms with Crippen LogP contribution < -0.4 is 10.7 Å². The molecule has 6 heteroatoms. The fourth-order valence-electron chi connectivity index (χ4n) is 3.14. The van der Waals surface area contributed by atoms with Gasteiger partial charge in [0.05, 0.1) is 12.8 Å². The number of unbranched alkanes of at least 4 members (excludes halogenated alkanes) is 6. The van der Waals surface area contributed by atoms with Gasteiger partial charge in [-0.05, 0) is 23.3 Å². The first-order chi connectivity index (χ1) is 14.1. The highest BCUT2D eigenvalue weighted by atomic mass is 16.3. The lowest BCUT2D eigenvalue weighted by Crippen LogP contribution is -2.34. The maximum atomic E-state index is 11.9. The van der Waals surface area contributed by atoms with Crippen molar-refractivity contribution in [3.63, 3.8) is 0 Å². The van der Waals surface area contributed by atoms with Crippen LogP contribution in [-0.4, -0.2) is 29.7 Å². The van der Waals surface area contributed by atoms with E-state index in [4.69, 9.17) is 0 Å². The third kappa shape index (κ3) is 7.94. The van der Waals surface area contributed by atoms with Crippen LogP contribution in [0.25, 0.3) is 10.8 Å². The Morgan fingerprint density at radius 2 is 1.69 bits per heavy atom. The van der Waals surface area contributed by atoms with E-state index in [1.54, 1.807) is 6.07 Å². The Morgan fingerprint density at radius 1 is 0.966 bits per heavy atom. The van der Waals surface area contributed by atoms with Gasteiger partial charge in [-0.1, -0.05) is 75.8 Å². The van der Waals surface area contributed by atoms with Crippen molar-refractivity contribution in [3.05, 3.63) is 42.0 Å². The molecule has 6 nitrogen and oxygen atoms in total. The van der Waals surface area contributed by atoms with Gasteiger partial charge in [-0.2, -0.15) is 5.10 Å². The minimum atomic E-state index is -0.408. The fraction of sp³-hybridized carbons (Fsp3) is 0.435. The highest BCUT2D eigenvalue weighted by Crippen LogP contribution is 2.25. The fourth-order valence-corrected chi connectivity index (χ4v) is 3.14. The summed E-state index contributed by atoms with van der Waals surface area (Å²) < 4.78 is 0. The molecule has 0 aliphatic heterocycles. The molecule has 2 aromatic carbocycles. The van der Waals surface area contributed by atoms with E-state index in [0.717, 1.165) is 30.0 Å². The molecule has 3 N–H and O–H groups in total. The normalized spacial score (nSPS) is 11.1. The average molecular weight is 398 g/mol. The van der Waals surface area contributed by atoms with Crippen molar-refractivity contribution in [2.75, 3.05) is 6.54 Å². The summed E-state index contributed by atoms with van der Waals surface area (Å²) in [4.78, 5) is 23.7. The van der Waals surface area contributed by atoms with Crippen molar-refractivity contribution in [3.8, 4) is 5.75 Å². The Bertz CT molecular complexity index is 833. The molecule has 156 valence electrons. The molecular weight excluding hydrogens is 366 g/mol. The van der Waals surface area contributed by atoms with Crippen molar-refractivity contribution in [2.45, 2.75) is 58.3 Å². The molecule has 2 rings (SSSR count). The number of benzene rings is 2. The smallest absolute Gasteiger partial charge is 0.259 e. The Balaban J connectivity index is 1.68. The number of nitrogens with one attached hydrogen (secondary N) is 2. The molecule has 0 unspecified atom stereocenters.